The Morgan fingerprint density at radius 2 is 2.11 bits per heavy atom. The van der Waals surface area contributed by atoms with Crippen LogP contribution in [0.2, 0.25) is 0 Å². The summed E-state index contributed by atoms with van der Waals surface area (Å²) in [4.78, 5) is 13.3. The van der Waals surface area contributed by atoms with Gasteiger partial charge in [-0.2, -0.15) is 0 Å². The minimum Gasteiger partial charge on any atom is -0.397 e. The molecule has 0 saturated heterocycles. The largest absolute Gasteiger partial charge is 0.397 e. The molecule has 0 aliphatic heterocycles. The van der Waals surface area contributed by atoms with E-state index >= 15 is 0 Å². The smallest absolute Gasteiger partial charge is 0.161 e. The van der Waals surface area contributed by atoms with Gasteiger partial charge in [0.25, 0.3) is 0 Å². The number of nitrogens with two attached hydrogens (primary N) is 1. The van der Waals surface area contributed by atoms with E-state index in [9.17, 15) is 0 Å². The first-order valence-electron chi connectivity index (χ1n) is 5.82. The summed E-state index contributed by atoms with van der Waals surface area (Å²) in [6.07, 6.45) is 3.42. The lowest BCUT2D eigenvalue weighted by Gasteiger charge is -2.04. The molecule has 90 valence electrons. The van der Waals surface area contributed by atoms with Crippen molar-refractivity contribution < 1.29 is 0 Å². The topological polar surface area (TPSA) is 69.6 Å². The predicted molar refractivity (Wildman–Crippen MR) is 70.8 cm³/mol. The van der Waals surface area contributed by atoms with E-state index in [0.29, 0.717) is 5.69 Å². The summed E-state index contributed by atoms with van der Waals surface area (Å²) < 4.78 is 2.05. The Morgan fingerprint density at radius 3 is 2.83 bits per heavy atom. The van der Waals surface area contributed by atoms with Gasteiger partial charge in [-0.15, -0.1) is 0 Å². The second kappa shape index (κ2) is 4.10. The SMILES string of the molecule is CCn1c(-c2ccc(N)cn2)nc2cccnc21. The summed E-state index contributed by atoms with van der Waals surface area (Å²) in [6.45, 7) is 2.87. The molecule has 0 saturated carbocycles. The van der Waals surface area contributed by atoms with Gasteiger partial charge in [0.05, 0.1) is 11.9 Å². The van der Waals surface area contributed by atoms with Gasteiger partial charge in [0.15, 0.2) is 11.5 Å². The fourth-order valence-corrected chi connectivity index (χ4v) is 1.99. The monoisotopic (exact) mass is 239 g/mol. The predicted octanol–water partition coefficient (Wildman–Crippen LogP) is 2.10. The second-order valence-corrected chi connectivity index (χ2v) is 4.00. The highest BCUT2D eigenvalue weighted by Crippen LogP contribution is 2.22. The molecule has 0 unspecified atom stereocenters. The van der Waals surface area contributed by atoms with E-state index < -0.39 is 0 Å². The summed E-state index contributed by atoms with van der Waals surface area (Å²) >= 11 is 0. The number of nitrogen functional groups attached to an aromatic ring is 1. The molecule has 0 spiro atoms. The van der Waals surface area contributed by atoms with Crippen LogP contribution in [0, 0.1) is 0 Å². The number of anilines is 1. The van der Waals surface area contributed by atoms with Crippen molar-refractivity contribution in [2.45, 2.75) is 13.5 Å². The van der Waals surface area contributed by atoms with Gasteiger partial charge in [-0.05, 0) is 31.2 Å². The molecule has 0 aromatic carbocycles. The highest BCUT2D eigenvalue weighted by atomic mass is 15.1. The molecule has 5 nitrogen and oxygen atoms in total. The summed E-state index contributed by atoms with van der Waals surface area (Å²) in [5.74, 6) is 0.825. The normalized spacial score (nSPS) is 10.9. The molecule has 3 rings (SSSR count). The van der Waals surface area contributed by atoms with Crippen molar-refractivity contribution in [3.63, 3.8) is 0 Å². The zero-order valence-electron chi connectivity index (χ0n) is 10.0. The fourth-order valence-electron chi connectivity index (χ4n) is 1.99. The molecule has 5 heteroatoms. The van der Waals surface area contributed by atoms with Crippen LogP contribution in [-0.2, 0) is 6.54 Å². The number of aryl methyl sites for hydroxylation is 1. The number of hydrogen-bond acceptors (Lipinski definition) is 4. The van der Waals surface area contributed by atoms with E-state index in [-0.39, 0.29) is 0 Å². The maximum Gasteiger partial charge on any atom is 0.161 e. The highest BCUT2D eigenvalue weighted by molar-refractivity contribution is 5.76. The molecular weight excluding hydrogens is 226 g/mol. The summed E-state index contributed by atoms with van der Waals surface area (Å²) in [5, 5.41) is 0. The quantitative estimate of drug-likeness (QED) is 0.743. The first kappa shape index (κ1) is 10.7. The molecule has 3 heterocycles. The summed E-state index contributed by atoms with van der Waals surface area (Å²) in [6, 6.07) is 7.54. The Kier molecular flexibility index (Phi) is 2.44. The molecule has 0 aliphatic rings. The van der Waals surface area contributed by atoms with Gasteiger partial charge >= 0.3 is 0 Å². The number of hydrogen-bond donors (Lipinski definition) is 1. The number of pyridine rings is 2. The lowest BCUT2D eigenvalue weighted by atomic mass is 10.3. The highest BCUT2D eigenvalue weighted by Gasteiger charge is 2.12. The van der Waals surface area contributed by atoms with Crippen molar-refractivity contribution in [1.29, 1.82) is 0 Å². The van der Waals surface area contributed by atoms with E-state index in [0.717, 1.165) is 29.2 Å². The van der Waals surface area contributed by atoms with Crippen molar-refractivity contribution in [3.8, 4) is 11.5 Å². The number of nitrogens with zero attached hydrogens (tertiary/aromatic N) is 4. The van der Waals surface area contributed by atoms with Gasteiger partial charge in [0.2, 0.25) is 0 Å². The Morgan fingerprint density at radius 1 is 1.22 bits per heavy atom. The van der Waals surface area contributed by atoms with Crippen molar-refractivity contribution in [2.24, 2.45) is 0 Å². The molecule has 0 radical (unpaired) electrons. The zero-order valence-corrected chi connectivity index (χ0v) is 10.0. The van der Waals surface area contributed by atoms with E-state index in [1.807, 2.05) is 28.8 Å². The lowest BCUT2D eigenvalue weighted by molar-refractivity contribution is 0.784. The molecule has 3 aromatic rings. The van der Waals surface area contributed by atoms with Gasteiger partial charge in [0, 0.05) is 12.7 Å². The Bertz CT molecular complexity index is 684. The fraction of sp³-hybridized carbons (Fsp3) is 0.154. The number of aromatic nitrogens is 4. The number of imidazole rings is 1. The van der Waals surface area contributed by atoms with E-state index in [1.165, 1.54) is 0 Å². The maximum atomic E-state index is 5.65. The van der Waals surface area contributed by atoms with Gasteiger partial charge in [0.1, 0.15) is 11.2 Å². The van der Waals surface area contributed by atoms with Crippen molar-refractivity contribution in [1.82, 2.24) is 19.5 Å². The minimum atomic E-state index is 0.649. The van der Waals surface area contributed by atoms with Crippen molar-refractivity contribution in [2.75, 3.05) is 5.73 Å². The van der Waals surface area contributed by atoms with Crippen LogP contribution in [0.25, 0.3) is 22.7 Å². The van der Waals surface area contributed by atoms with Crippen molar-refractivity contribution >= 4 is 16.9 Å². The van der Waals surface area contributed by atoms with Gasteiger partial charge in [-0.3, -0.25) is 4.98 Å². The second-order valence-electron chi connectivity index (χ2n) is 4.00. The first-order valence-corrected chi connectivity index (χ1v) is 5.82. The van der Waals surface area contributed by atoms with Crippen LogP contribution in [0.15, 0.2) is 36.7 Å². The Labute approximate surface area is 104 Å². The average Bonchev–Trinajstić information content (AvgIpc) is 2.78. The Hall–Kier alpha value is -2.43. The molecular formula is C13H13N5. The van der Waals surface area contributed by atoms with Crippen molar-refractivity contribution in [3.05, 3.63) is 36.7 Å². The minimum absolute atomic E-state index is 0.649. The van der Waals surface area contributed by atoms with Crippen LogP contribution in [0.4, 0.5) is 5.69 Å². The number of rotatable bonds is 2. The Balaban J connectivity index is 2.25. The van der Waals surface area contributed by atoms with Crippen LogP contribution in [-0.4, -0.2) is 19.5 Å². The molecule has 0 aliphatic carbocycles. The third kappa shape index (κ3) is 1.60. The van der Waals surface area contributed by atoms with Crippen LogP contribution in [0.5, 0.6) is 0 Å². The van der Waals surface area contributed by atoms with Crippen LogP contribution >= 0.6 is 0 Å². The molecule has 2 N–H and O–H groups in total. The molecule has 0 fully saturated rings. The van der Waals surface area contributed by atoms with Crippen LogP contribution in [0.3, 0.4) is 0 Å². The summed E-state index contributed by atoms with van der Waals surface area (Å²) in [7, 11) is 0. The van der Waals surface area contributed by atoms with Gasteiger partial charge < -0.3 is 10.3 Å². The number of fused-ring (bicyclic) bond motifs is 1. The maximum absolute atomic E-state index is 5.65. The van der Waals surface area contributed by atoms with Crippen LogP contribution < -0.4 is 5.73 Å². The first-order chi connectivity index (χ1) is 8.79. The van der Waals surface area contributed by atoms with E-state index in [1.54, 1.807) is 12.4 Å². The van der Waals surface area contributed by atoms with E-state index in [2.05, 4.69) is 21.9 Å². The third-order valence-electron chi connectivity index (χ3n) is 2.84. The van der Waals surface area contributed by atoms with Crippen LogP contribution in [0.1, 0.15) is 6.92 Å². The third-order valence-corrected chi connectivity index (χ3v) is 2.84. The zero-order chi connectivity index (χ0) is 12.5. The van der Waals surface area contributed by atoms with E-state index in [4.69, 9.17) is 5.73 Å². The molecule has 0 amide bonds. The standard InChI is InChI=1S/C13H13N5/c1-2-18-12-11(4-3-7-15-12)17-13(18)10-6-5-9(14)8-16-10/h3-8H,2,14H2,1H3. The molecule has 18 heavy (non-hydrogen) atoms. The van der Waals surface area contributed by atoms with Gasteiger partial charge in [-0.1, -0.05) is 0 Å². The lowest BCUT2D eigenvalue weighted by Crippen LogP contribution is -2.00. The molecule has 0 atom stereocenters. The van der Waals surface area contributed by atoms with Gasteiger partial charge in [-0.25, -0.2) is 9.97 Å². The summed E-state index contributed by atoms with van der Waals surface area (Å²) in [5.41, 5.74) is 8.87. The molecule has 3 aromatic heterocycles. The molecule has 0 bridgehead atoms. The average molecular weight is 239 g/mol.